The predicted molar refractivity (Wildman–Crippen MR) is 137 cm³/mol. The van der Waals surface area contributed by atoms with Crippen molar-refractivity contribution in [3.8, 4) is 0 Å². The molecule has 0 saturated heterocycles. The average Bonchev–Trinajstić information content (AvgIpc) is 2.80. The van der Waals surface area contributed by atoms with Crippen molar-refractivity contribution in [3.05, 3.63) is 65.7 Å². The van der Waals surface area contributed by atoms with Crippen LogP contribution in [0, 0.1) is 6.92 Å². The molecule has 0 bridgehead atoms. The van der Waals surface area contributed by atoms with Crippen LogP contribution < -0.4 is 9.62 Å². The summed E-state index contributed by atoms with van der Waals surface area (Å²) in [6.45, 7) is 8.08. The van der Waals surface area contributed by atoms with E-state index in [-0.39, 0.29) is 30.8 Å². The van der Waals surface area contributed by atoms with Gasteiger partial charge < -0.3 is 10.2 Å². The number of amides is 2. The van der Waals surface area contributed by atoms with Crippen LogP contribution in [0.25, 0.3) is 0 Å². The molecule has 0 spiro atoms. The summed E-state index contributed by atoms with van der Waals surface area (Å²) in [5, 5.41) is 2.95. The second-order valence-corrected chi connectivity index (χ2v) is 10.7. The monoisotopic (exact) mass is 487 g/mol. The van der Waals surface area contributed by atoms with E-state index in [1.165, 1.54) is 4.31 Å². The zero-order chi connectivity index (χ0) is 25.3. The molecule has 7 nitrogen and oxygen atoms in total. The van der Waals surface area contributed by atoms with Gasteiger partial charge in [0.25, 0.3) is 0 Å². The van der Waals surface area contributed by atoms with Crippen LogP contribution in [0.2, 0.25) is 0 Å². The Kier molecular flexibility index (Phi) is 10.1. The fraction of sp³-hybridized carbons (Fsp3) is 0.462. The summed E-state index contributed by atoms with van der Waals surface area (Å²) < 4.78 is 26.1. The molecule has 0 heterocycles. The van der Waals surface area contributed by atoms with E-state index in [2.05, 4.69) is 5.32 Å². The van der Waals surface area contributed by atoms with Crippen molar-refractivity contribution in [1.82, 2.24) is 10.2 Å². The first-order chi connectivity index (χ1) is 16.0. The Balaban J connectivity index is 2.13. The van der Waals surface area contributed by atoms with Gasteiger partial charge in [-0.2, -0.15) is 0 Å². The summed E-state index contributed by atoms with van der Waals surface area (Å²) >= 11 is 0. The number of carbonyl (C=O) groups is 2. The van der Waals surface area contributed by atoms with E-state index in [0.717, 1.165) is 23.8 Å². The highest BCUT2D eigenvalue weighted by molar-refractivity contribution is 7.92. The number of sulfonamides is 1. The lowest BCUT2D eigenvalue weighted by Gasteiger charge is -2.30. The lowest BCUT2D eigenvalue weighted by Crippen LogP contribution is -2.49. The normalized spacial score (nSPS) is 13.1. The molecular formula is C26H37N3O4S. The Morgan fingerprint density at radius 1 is 1.00 bits per heavy atom. The second kappa shape index (κ2) is 12.6. The highest BCUT2D eigenvalue weighted by Crippen LogP contribution is 2.20. The maximum atomic E-state index is 13.2. The minimum atomic E-state index is -3.50. The first kappa shape index (κ1) is 27.4. The Bertz CT molecular complexity index is 1040. The fourth-order valence-corrected chi connectivity index (χ4v) is 4.51. The Morgan fingerprint density at radius 2 is 1.62 bits per heavy atom. The van der Waals surface area contributed by atoms with Gasteiger partial charge >= 0.3 is 0 Å². The average molecular weight is 488 g/mol. The van der Waals surface area contributed by atoms with E-state index in [0.29, 0.717) is 18.7 Å². The zero-order valence-electron chi connectivity index (χ0n) is 20.8. The number of aryl methyl sites for hydroxylation is 1. The van der Waals surface area contributed by atoms with Gasteiger partial charge in [0.15, 0.2) is 0 Å². The molecule has 1 N–H and O–H groups in total. The van der Waals surface area contributed by atoms with Crippen molar-refractivity contribution in [2.24, 2.45) is 0 Å². The topological polar surface area (TPSA) is 86.8 Å². The first-order valence-corrected chi connectivity index (χ1v) is 13.6. The summed E-state index contributed by atoms with van der Waals surface area (Å²) in [7, 11) is -3.50. The maximum absolute atomic E-state index is 13.2. The third kappa shape index (κ3) is 8.17. The molecule has 0 aliphatic rings. The molecule has 8 heteroatoms. The molecule has 2 aromatic carbocycles. The molecular weight excluding hydrogens is 450 g/mol. The van der Waals surface area contributed by atoms with E-state index >= 15 is 0 Å². The number of rotatable bonds is 12. The molecule has 0 unspecified atom stereocenters. The van der Waals surface area contributed by atoms with Crippen molar-refractivity contribution < 1.29 is 18.0 Å². The smallest absolute Gasteiger partial charge is 0.242 e. The highest BCUT2D eigenvalue weighted by Gasteiger charge is 2.27. The van der Waals surface area contributed by atoms with Crippen LogP contribution >= 0.6 is 0 Å². The van der Waals surface area contributed by atoms with Gasteiger partial charge in [-0.05, 0) is 51.3 Å². The Labute approximate surface area is 204 Å². The van der Waals surface area contributed by atoms with Gasteiger partial charge in [0, 0.05) is 25.6 Å². The molecule has 186 valence electrons. The minimum Gasteiger partial charge on any atom is -0.352 e. The van der Waals surface area contributed by atoms with Crippen molar-refractivity contribution in [3.63, 3.8) is 0 Å². The van der Waals surface area contributed by atoms with Gasteiger partial charge in [0.1, 0.15) is 6.04 Å². The van der Waals surface area contributed by atoms with Crippen LogP contribution in [0.4, 0.5) is 5.69 Å². The van der Waals surface area contributed by atoms with E-state index in [1.807, 2.05) is 63.2 Å². The molecule has 0 saturated carbocycles. The molecule has 0 aliphatic heterocycles. The number of hydrogen-bond acceptors (Lipinski definition) is 4. The third-order valence-corrected chi connectivity index (χ3v) is 7.03. The van der Waals surface area contributed by atoms with Crippen molar-refractivity contribution >= 4 is 27.5 Å². The second-order valence-electron chi connectivity index (χ2n) is 8.78. The van der Waals surface area contributed by atoms with Gasteiger partial charge in [-0.3, -0.25) is 13.9 Å². The molecule has 34 heavy (non-hydrogen) atoms. The van der Waals surface area contributed by atoms with Gasteiger partial charge in [0.05, 0.1) is 11.9 Å². The zero-order valence-corrected chi connectivity index (χ0v) is 21.6. The minimum absolute atomic E-state index is 0.0152. The summed E-state index contributed by atoms with van der Waals surface area (Å²) in [5.41, 5.74) is 2.54. The Morgan fingerprint density at radius 3 is 2.18 bits per heavy atom. The third-order valence-electron chi connectivity index (χ3n) is 5.84. The number of anilines is 1. The van der Waals surface area contributed by atoms with Crippen LogP contribution in [-0.2, 0) is 26.2 Å². The van der Waals surface area contributed by atoms with Crippen LogP contribution in [-0.4, -0.2) is 50.0 Å². The molecule has 0 aliphatic carbocycles. The van der Waals surface area contributed by atoms with E-state index in [9.17, 15) is 18.0 Å². The number of nitrogens with zero attached hydrogens (tertiary/aromatic N) is 2. The summed E-state index contributed by atoms with van der Waals surface area (Å²) in [6, 6.07) is 16.1. The van der Waals surface area contributed by atoms with E-state index < -0.39 is 16.1 Å². The SMILES string of the molecule is CC[C@@H](C)NC(=O)[C@H](C)N(Cc1ccccc1)C(=O)CCCN(c1ccc(C)cc1)S(C)(=O)=O. The molecule has 2 amide bonds. The summed E-state index contributed by atoms with van der Waals surface area (Å²) in [6.07, 6.45) is 2.43. The first-order valence-electron chi connectivity index (χ1n) is 11.7. The molecule has 2 aromatic rings. The molecule has 0 aromatic heterocycles. The van der Waals surface area contributed by atoms with Crippen LogP contribution in [0.5, 0.6) is 0 Å². The van der Waals surface area contributed by atoms with Gasteiger partial charge in [-0.1, -0.05) is 55.0 Å². The Hall–Kier alpha value is -2.87. The summed E-state index contributed by atoms with van der Waals surface area (Å²) in [5.74, 6) is -0.385. The predicted octanol–water partition coefficient (Wildman–Crippen LogP) is 3.87. The van der Waals surface area contributed by atoms with Crippen molar-refractivity contribution in [1.29, 1.82) is 0 Å². The highest BCUT2D eigenvalue weighted by atomic mass is 32.2. The van der Waals surface area contributed by atoms with Crippen molar-refractivity contribution in [2.75, 3.05) is 17.1 Å². The van der Waals surface area contributed by atoms with Gasteiger partial charge in [-0.25, -0.2) is 8.42 Å². The lowest BCUT2D eigenvalue weighted by molar-refractivity contribution is -0.140. The number of nitrogens with one attached hydrogen (secondary N) is 1. The van der Waals surface area contributed by atoms with Gasteiger partial charge in [0.2, 0.25) is 21.8 Å². The van der Waals surface area contributed by atoms with E-state index in [4.69, 9.17) is 0 Å². The van der Waals surface area contributed by atoms with Crippen molar-refractivity contribution in [2.45, 2.75) is 65.6 Å². The van der Waals surface area contributed by atoms with E-state index in [1.54, 1.807) is 24.0 Å². The summed E-state index contributed by atoms with van der Waals surface area (Å²) in [4.78, 5) is 27.6. The van der Waals surface area contributed by atoms with Crippen LogP contribution in [0.3, 0.4) is 0 Å². The maximum Gasteiger partial charge on any atom is 0.242 e. The standard InChI is InChI=1S/C26H37N3O4S/c1-6-21(3)27-26(31)22(4)28(19-23-11-8-7-9-12-23)25(30)13-10-18-29(34(5,32)33)24-16-14-20(2)15-17-24/h7-9,11-12,14-17,21-22H,6,10,13,18-19H2,1-5H3,(H,27,31)/t21-,22+/m1/s1. The fourth-order valence-electron chi connectivity index (χ4n) is 3.54. The number of benzene rings is 2. The largest absolute Gasteiger partial charge is 0.352 e. The molecule has 0 fully saturated rings. The van der Waals surface area contributed by atoms with Crippen LogP contribution in [0.15, 0.2) is 54.6 Å². The number of carbonyl (C=O) groups excluding carboxylic acids is 2. The number of hydrogen-bond donors (Lipinski definition) is 1. The molecule has 0 radical (unpaired) electrons. The molecule has 2 atom stereocenters. The van der Waals surface area contributed by atoms with Crippen LogP contribution in [0.1, 0.15) is 51.2 Å². The lowest BCUT2D eigenvalue weighted by atomic mass is 10.1. The molecule has 2 rings (SSSR count). The van der Waals surface area contributed by atoms with Gasteiger partial charge in [-0.15, -0.1) is 0 Å². The quantitative estimate of drug-likeness (QED) is 0.492.